The number of nitrogens with zero attached hydrogens (tertiary/aromatic N) is 2. The summed E-state index contributed by atoms with van der Waals surface area (Å²) in [5, 5.41) is 7.25. The van der Waals surface area contributed by atoms with Gasteiger partial charge < -0.3 is 16.4 Å². The van der Waals surface area contributed by atoms with Gasteiger partial charge in [0.25, 0.3) is 0 Å². The standard InChI is InChI=1S/C17H15Cl2N5/c1-10-3-2-4-11(7-10)23-16-15(20)17(22-9-21-16)24-12-5-6-13(18)14(19)8-12/h2-9H,20H2,1H3,(H2,21,22,23,24). The maximum Gasteiger partial charge on any atom is 0.159 e. The molecule has 0 aliphatic carbocycles. The van der Waals surface area contributed by atoms with Crippen molar-refractivity contribution in [3.8, 4) is 0 Å². The topological polar surface area (TPSA) is 75.9 Å². The molecule has 24 heavy (non-hydrogen) atoms. The van der Waals surface area contributed by atoms with E-state index in [4.69, 9.17) is 28.9 Å². The number of aryl methyl sites for hydroxylation is 1. The molecule has 0 aliphatic heterocycles. The van der Waals surface area contributed by atoms with Crippen LogP contribution in [-0.2, 0) is 0 Å². The van der Waals surface area contributed by atoms with E-state index in [9.17, 15) is 0 Å². The summed E-state index contributed by atoms with van der Waals surface area (Å²) in [4.78, 5) is 8.38. The number of anilines is 5. The molecular weight excluding hydrogens is 345 g/mol. The van der Waals surface area contributed by atoms with Crippen LogP contribution in [-0.4, -0.2) is 9.97 Å². The maximum atomic E-state index is 6.18. The predicted octanol–water partition coefficient (Wildman–Crippen LogP) is 5.16. The first-order valence-electron chi connectivity index (χ1n) is 7.19. The zero-order valence-corrected chi connectivity index (χ0v) is 14.4. The Balaban J connectivity index is 1.86. The fourth-order valence-electron chi connectivity index (χ4n) is 2.16. The van der Waals surface area contributed by atoms with Crippen LogP contribution < -0.4 is 16.4 Å². The van der Waals surface area contributed by atoms with Gasteiger partial charge in [0, 0.05) is 11.4 Å². The maximum absolute atomic E-state index is 6.18. The van der Waals surface area contributed by atoms with Gasteiger partial charge in [-0.05, 0) is 42.8 Å². The van der Waals surface area contributed by atoms with Crippen molar-refractivity contribution in [2.24, 2.45) is 0 Å². The van der Waals surface area contributed by atoms with E-state index in [2.05, 4.69) is 20.6 Å². The second-order valence-electron chi connectivity index (χ2n) is 5.23. The molecule has 2 aromatic carbocycles. The lowest BCUT2D eigenvalue weighted by Gasteiger charge is -2.13. The van der Waals surface area contributed by atoms with Gasteiger partial charge in [0.05, 0.1) is 10.0 Å². The highest BCUT2D eigenvalue weighted by atomic mass is 35.5. The van der Waals surface area contributed by atoms with Crippen molar-refractivity contribution in [2.75, 3.05) is 16.4 Å². The molecular formula is C17H15Cl2N5. The molecule has 122 valence electrons. The minimum absolute atomic E-state index is 0.407. The smallest absolute Gasteiger partial charge is 0.159 e. The number of hydrogen-bond donors (Lipinski definition) is 3. The first-order chi connectivity index (χ1) is 11.5. The molecule has 1 aromatic heterocycles. The first-order valence-corrected chi connectivity index (χ1v) is 7.95. The third kappa shape index (κ3) is 3.69. The molecule has 3 aromatic rings. The van der Waals surface area contributed by atoms with Crippen LogP contribution in [0.4, 0.5) is 28.7 Å². The van der Waals surface area contributed by atoms with Crippen molar-refractivity contribution in [2.45, 2.75) is 6.92 Å². The third-order valence-electron chi connectivity index (χ3n) is 3.35. The van der Waals surface area contributed by atoms with Crippen LogP contribution in [0, 0.1) is 6.92 Å². The SMILES string of the molecule is Cc1cccc(Nc2ncnc(Nc3ccc(Cl)c(Cl)c3)c2N)c1. The van der Waals surface area contributed by atoms with Gasteiger partial charge >= 0.3 is 0 Å². The van der Waals surface area contributed by atoms with Crippen molar-refractivity contribution in [1.82, 2.24) is 9.97 Å². The molecule has 0 radical (unpaired) electrons. The summed E-state index contributed by atoms with van der Waals surface area (Å²) in [6, 6.07) is 13.1. The number of aromatic nitrogens is 2. The number of nitrogens with one attached hydrogen (secondary N) is 2. The summed E-state index contributed by atoms with van der Waals surface area (Å²) < 4.78 is 0. The molecule has 0 fully saturated rings. The van der Waals surface area contributed by atoms with E-state index in [1.54, 1.807) is 18.2 Å². The quantitative estimate of drug-likeness (QED) is 0.599. The van der Waals surface area contributed by atoms with Gasteiger partial charge in [-0.3, -0.25) is 0 Å². The van der Waals surface area contributed by atoms with E-state index in [0.717, 1.165) is 16.9 Å². The highest BCUT2D eigenvalue weighted by Gasteiger charge is 2.09. The first kappa shape index (κ1) is 16.4. The van der Waals surface area contributed by atoms with Crippen molar-refractivity contribution in [3.63, 3.8) is 0 Å². The van der Waals surface area contributed by atoms with Gasteiger partial charge in [-0.2, -0.15) is 0 Å². The average Bonchev–Trinajstić information content (AvgIpc) is 2.55. The number of hydrogen-bond acceptors (Lipinski definition) is 5. The molecule has 0 unspecified atom stereocenters. The largest absolute Gasteiger partial charge is 0.393 e. The molecule has 0 saturated heterocycles. The van der Waals surface area contributed by atoms with Gasteiger partial charge in [0.15, 0.2) is 11.6 Å². The van der Waals surface area contributed by atoms with Crippen LogP contribution in [0.1, 0.15) is 5.56 Å². The second kappa shape index (κ2) is 6.95. The van der Waals surface area contributed by atoms with E-state index in [-0.39, 0.29) is 0 Å². The van der Waals surface area contributed by atoms with Crippen LogP contribution >= 0.6 is 23.2 Å². The number of benzene rings is 2. The summed E-state index contributed by atoms with van der Waals surface area (Å²) in [7, 11) is 0. The Morgan fingerprint density at radius 3 is 2.17 bits per heavy atom. The van der Waals surface area contributed by atoms with E-state index in [1.165, 1.54) is 6.33 Å². The summed E-state index contributed by atoms with van der Waals surface area (Å²) in [6.07, 6.45) is 1.44. The Labute approximate surface area is 149 Å². The van der Waals surface area contributed by atoms with Crippen LogP contribution in [0.5, 0.6) is 0 Å². The Hall–Kier alpha value is -2.50. The lowest BCUT2D eigenvalue weighted by Crippen LogP contribution is -2.05. The summed E-state index contributed by atoms with van der Waals surface area (Å²) in [5.41, 5.74) is 9.36. The van der Waals surface area contributed by atoms with E-state index < -0.39 is 0 Å². The van der Waals surface area contributed by atoms with Crippen molar-refractivity contribution < 1.29 is 0 Å². The Morgan fingerprint density at radius 2 is 1.54 bits per heavy atom. The Morgan fingerprint density at radius 1 is 0.875 bits per heavy atom. The number of rotatable bonds is 4. The molecule has 0 saturated carbocycles. The van der Waals surface area contributed by atoms with Crippen molar-refractivity contribution >= 4 is 51.9 Å². The number of nitrogen functional groups attached to an aromatic ring is 1. The van der Waals surface area contributed by atoms with Gasteiger partial charge in [-0.1, -0.05) is 35.3 Å². The van der Waals surface area contributed by atoms with Crippen LogP contribution in [0.25, 0.3) is 0 Å². The Kier molecular flexibility index (Phi) is 4.74. The minimum atomic E-state index is 0.407. The molecule has 0 atom stereocenters. The second-order valence-corrected chi connectivity index (χ2v) is 6.05. The van der Waals surface area contributed by atoms with Gasteiger partial charge in [0.1, 0.15) is 12.0 Å². The van der Waals surface area contributed by atoms with Gasteiger partial charge in [0.2, 0.25) is 0 Å². The molecule has 5 nitrogen and oxygen atoms in total. The van der Waals surface area contributed by atoms with Gasteiger partial charge in [-0.25, -0.2) is 9.97 Å². The zero-order chi connectivity index (χ0) is 17.1. The summed E-state index contributed by atoms with van der Waals surface area (Å²) in [6.45, 7) is 2.02. The molecule has 0 aliphatic rings. The fraction of sp³-hybridized carbons (Fsp3) is 0.0588. The zero-order valence-electron chi connectivity index (χ0n) is 12.8. The van der Waals surface area contributed by atoms with Gasteiger partial charge in [-0.15, -0.1) is 0 Å². The molecule has 3 rings (SSSR count). The molecule has 0 amide bonds. The van der Waals surface area contributed by atoms with Crippen molar-refractivity contribution in [3.05, 3.63) is 64.4 Å². The monoisotopic (exact) mass is 359 g/mol. The van der Waals surface area contributed by atoms with Crippen LogP contribution in [0.15, 0.2) is 48.8 Å². The molecule has 0 bridgehead atoms. The third-order valence-corrected chi connectivity index (χ3v) is 4.09. The number of halogens is 2. The van der Waals surface area contributed by atoms with E-state index in [0.29, 0.717) is 27.4 Å². The van der Waals surface area contributed by atoms with Crippen LogP contribution in [0.3, 0.4) is 0 Å². The van der Waals surface area contributed by atoms with Crippen LogP contribution in [0.2, 0.25) is 10.0 Å². The molecule has 4 N–H and O–H groups in total. The Bertz CT molecular complexity index is 883. The lowest BCUT2D eigenvalue weighted by atomic mass is 10.2. The van der Waals surface area contributed by atoms with Crippen molar-refractivity contribution in [1.29, 1.82) is 0 Å². The average molecular weight is 360 g/mol. The van der Waals surface area contributed by atoms with E-state index >= 15 is 0 Å². The summed E-state index contributed by atoms with van der Waals surface area (Å²) >= 11 is 11.9. The highest BCUT2D eigenvalue weighted by Crippen LogP contribution is 2.30. The minimum Gasteiger partial charge on any atom is -0.393 e. The molecule has 7 heteroatoms. The normalized spacial score (nSPS) is 10.5. The molecule has 1 heterocycles. The number of nitrogens with two attached hydrogens (primary N) is 1. The molecule has 0 spiro atoms. The summed E-state index contributed by atoms with van der Waals surface area (Å²) in [5.74, 6) is 1.01. The highest BCUT2D eigenvalue weighted by molar-refractivity contribution is 6.42. The lowest BCUT2D eigenvalue weighted by molar-refractivity contribution is 1.17. The predicted molar refractivity (Wildman–Crippen MR) is 101 cm³/mol. The van der Waals surface area contributed by atoms with E-state index in [1.807, 2.05) is 31.2 Å². The fourth-order valence-corrected chi connectivity index (χ4v) is 2.46.